The summed E-state index contributed by atoms with van der Waals surface area (Å²) in [6.45, 7) is 1.06. The van der Waals surface area contributed by atoms with Crippen molar-refractivity contribution in [2.24, 2.45) is 5.92 Å². The number of benzene rings is 2. The third kappa shape index (κ3) is 5.35. The lowest BCUT2D eigenvalue weighted by molar-refractivity contribution is -0.139. The lowest BCUT2D eigenvalue weighted by Crippen LogP contribution is -2.52. The molecule has 3 rings (SSSR count). The summed E-state index contributed by atoms with van der Waals surface area (Å²) in [6.07, 6.45) is -4.51. The average Bonchev–Trinajstić information content (AvgIpc) is 2.64. The number of likely N-dealkylation sites (tertiary alicyclic amines) is 1. The maximum Gasteiger partial charge on any atom is 0.416 e. The molecule has 2 aromatic rings. The van der Waals surface area contributed by atoms with Crippen LogP contribution in [0.25, 0.3) is 0 Å². The monoisotopic (exact) mass is 446 g/mol. The molecule has 0 bridgehead atoms. The summed E-state index contributed by atoms with van der Waals surface area (Å²) in [5.41, 5.74) is 0.0973. The Kier molecular flexibility index (Phi) is 6.61. The molecule has 0 saturated carbocycles. The first-order valence-corrected chi connectivity index (χ1v) is 9.63. The number of carbonyl (C=O) groups excluding carboxylic acids is 1. The molecular weight excluding hydrogens is 428 g/mol. The molecule has 156 valence electrons. The van der Waals surface area contributed by atoms with Gasteiger partial charge in [-0.3, -0.25) is 9.69 Å². The fourth-order valence-corrected chi connectivity index (χ4v) is 3.47. The van der Waals surface area contributed by atoms with E-state index >= 15 is 0 Å². The topological polar surface area (TPSA) is 41.6 Å². The Bertz CT molecular complexity index is 900. The predicted octanol–water partition coefficient (Wildman–Crippen LogP) is 4.77. The molecule has 1 N–H and O–H groups in total. The Labute approximate surface area is 176 Å². The number of ether oxygens (including phenoxy) is 1. The van der Waals surface area contributed by atoms with E-state index in [1.54, 1.807) is 30.1 Å². The van der Waals surface area contributed by atoms with Gasteiger partial charge in [-0.05, 0) is 35.4 Å². The van der Waals surface area contributed by atoms with Crippen LogP contribution in [0, 0.1) is 5.92 Å². The van der Waals surface area contributed by atoms with Crippen LogP contribution in [0.15, 0.2) is 36.4 Å². The number of nitrogens with one attached hydrogen (secondary N) is 1. The highest BCUT2D eigenvalue weighted by Gasteiger charge is 2.37. The third-order valence-corrected chi connectivity index (χ3v) is 5.48. The summed E-state index contributed by atoms with van der Waals surface area (Å²) >= 11 is 11.8. The molecule has 1 fully saturated rings. The molecule has 1 amide bonds. The van der Waals surface area contributed by atoms with E-state index in [2.05, 4.69) is 5.32 Å². The van der Waals surface area contributed by atoms with E-state index in [1.807, 2.05) is 0 Å². The molecule has 1 saturated heterocycles. The second-order valence-electron chi connectivity index (χ2n) is 6.86. The summed E-state index contributed by atoms with van der Waals surface area (Å²) in [5.74, 6) is -0.162. The summed E-state index contributed by atoms with van der Waals surface area (Å²) in [5, 5.41) is 3.29. The molecule has 9 heteroatoms. The van der Waals surface area contributed by atoms with Gasteiger partial charge >= 0.3 is 6.18 Å². The first-order chi connectivity index (χ1) is 13.7. The maximum atomic E-state index is 13.6. The van der Waals surface area contributed by atoms with Gasteiger partial charge in [0.15, 0.2) is 0 Å². The Morgan fingerprint density at radius 2 is 1.90 bits per heavy atom. The van der Waals surface area contributed by atoms with Gasteiger partial charge in [0.05, 0.1) is 21.5 Å². The van der Waals surface area contributed by atoms with Crippen molar-refractivity contribution >= 4 is 29.1 Å². The van der Waals surface area contributed by atoms with Gasteiger partial charge in [-0.2, -0.15) is 13.2 Å². The molecule has 2 aromatic carbocycles. The van der Waals surface area contributed by atoms with Crippen LogP contribution in [0.5, 0.6) is 5.75 Å². The molecule has 0 aliphatic carbocycles. The quantitative estimate of drug-likeness (QED) is 0.694. The Morgan fingerprint density at radius 1 is 1.17 bits per heavy atom. The highest BCUT2D eigenvalue weighted by Crippen LogP contribution is 2.36. The van der Waals surface area contributed by atoms with Crippen molar-refractivity contribution in [2.75, 3.05) is 20.1 Å². The van der Waals surface area contributed by atoms with Gasteiger partial charge in [-0.25, -0.2) is 0 Å². The second-order valence-corrected chi connectivity index (χ2v) is 7.67. The van der Waals surface area contributed by atoms with E-state index in [0.717, 1.165) is 6.07 Å². The third-order valence-electron chi connectivity index (χ3n) is 4.74. The standard InChI is InChI=1S/C20H19Cl2F3N2O2/c1-26-19(28)14-9-27(10-14)8-13-3-4-15(7-16(13)20(23,24)25)29-11-12-2-5-17(21)18(22)6-12/h2-7,14H,8-11H2,1H3,(H,26,28). The summed E-state index contributed by atoms with van der Waals surface area (Å²) < 4.78 is 46.2. The molecule has 0 radical (unpaired) electrons. The minimum absolute atomic E-state index is 0.0630. The zero-order valence-corrected chi connectivity index (χ0v) is 17.0. The normalized spacial score (nSPS) is 15.1. The molecule has 0 aromatic heterocycles. The molecule has 0 unspecified atom stereocenters. The van der Waals surface area contributed by atoms with Crippen LogP contribution in [-0.2, 0) is 24.1 Å². The maximum absolute atomic E-state index is 13.6. The lowest BCUT2D eigenvalue weighted by atomic mass is 9.97. The molecule has 4 nitrogen and oxygen atoms in total. The van der Waals surface area contributed by atoms with E-state index < -0.39 is 11.7 Å². The van der Waals surface area contributed by atoms with Crippen LogP contribution >= 0.6 is 23.2 Å². The average molecular weight is 447 g/mol. The number of halogens is 5. The molecule has 0 atom stereocenters. The van der Waals surface area contributed by atoms with Gasteiger partial charge in [0.1, 0.15) is 12.4 Å². The van der Waals surface area contributed by atoms with E-state index in [9.17, 15) is 18.0 Å². The number of hydrogen-bond donors (Lipinski definition) is 1. The number of nitrogens with zero attached hydrogens (tertiary/aromatic N) is 1. The Balaban J connectivity index is 1.69. The number of amides is 1. The van der Waals surface area contributed by atoms with Crippen LogP contribution in [-0.4, -0.2) is 30.9 Å². The van der Waals surface area contributed by atoms with Crippen molar-refractivity contribution in [1.29, 1.82) is 0 Å². The number of carbonyl (C=O) groups is 1. The van der Waals surface area contributed by atoms with Crippen molar-refractivity contribution in [3.63, 3.8) is 0 Å². The fourth-order valence-electron chi connectivity index (χ4n) is 3.15. The van der Waals surface area contributed by atoms with Gasteiger partial charge in [0.25, 0.3) is 0 Å². The fraction of sp³-hybridized carbons (Fsp3) is 0.350. The van der Waals surface area contributed by atoms with E-state index in [1.165, 1.54) is 12.1 Å². The molecule has 1 aliphatic heterocycles. The van der Waals surface area contributed by atoms with Crippen molar-refractivity contribution in [2.45, 2.75) is 19.3 Å². The van der Waals surface area contributed by atoms with E-state index in [-0.39, 0.29) is 36.3 Å². The zero-order valence-electron chi connectivity index (χ0n) is 15.5. The first-order valence-electron chi connectivity index (χ1n) is 8.88. The minimum atomic E-state index is -4.51. The van der Waals surface area contributed by atoms with Gasteiger partial charge < -0.3 is 10.1 Å². The molecule has 29 heavy (non-hydrogen) atoms. The minimum Gasteiger partial charge on any atom is -0.489 e. The first kappa shape index (κ1) is 21.7. The van der Waals surface area contributed by atoms with Crippen LogP contribution in [0.1, 0.15) is 16.7 Å². The molecule has 1 heterocycles. The highest BCUT2D eigenvalue weighted by molar-refractivity contribution is 6.42. The second kappa shape index (κ2) is 8.81. The number of hydrogen-bond acceptors (Lipinski definition) is 3. The number of alkyl halides is 3. The van der Waals surface area contributed by atoms with Gasteiger partial charge in [0.2, 0.25) is 5.91 Å². The van der Waals surface area contributed by atoms with Gasteiger partial charge in [0, 0.05) is 26.7 Å². The molecular formula is C20H19Cl2F3N2O2. The van der Waals surface area contributed by atoms with E-state index in [4.69, 9.17) is 27.9 Å². The van der Waals surface area contributed by atoms with Crippen molar-refractivity contribution in [3.05, 3.63) is 63.1 Å². The lowest BCUT2D eigenvalue weighted by Gasteiger charge is -2.38. The van der Waals surface area contributed by atoms with Crippen LogP contribution in [0.2, 0.25) is 10.0 Å². The van der Waals surface area contributed by atoms with Crippen molar-refractivity contribution in [1.82, 2.24) is 10.2 Å². The Morgan fingerprint density at radius 3 is 2.52 bits per heavy atom. The van der Waals surface area contributed by atoms with Crippen molar-refractivity contribution < 1.29 is 22.7 Å². The summed E-state index contributed by atoms with van der Waals surface area (Å²) in [4.78, 5) is 13.3. The highest BCUT2D eigenvalue weighted by atomic mass is 35.5. The number of rotatable bonds is 6. The van der Waals surface area contributed by atoms with Crippen LogP contribution in [0.4, 0.5) is 13.2 Å². The van der Waals surface area contributed by atoms with Crippen LogP contribution in [0.3, 0.4) is 0 Å². The molecule has 1 aliphatic rings. The summed E-state index contributed by atoms with van der Waals surface area (Å²) in [7, 11) is 1.55. The molecule has 0 spiro atoms. The largest absolute Gasteiger partial charge is 0.489 e. The smallest absolute Gasteiger partial charge is 0.416 e. The summed E-state index contributed by atoms with van der Waals surface area (Å²) in [6, 6.07) is 8.84. The predicted molar refractivity (Wildman–Crippen MR) is 105 cm³/mol. The van der Waals surface area contributed by atoms with E-state index in [0.29, 0.717) is 28.7 Å². The van der Waals surface area contributed by atoms with Crippen LogP contribution < -0.4 is 10.1 Å². The van der Waals surface area contributed by atoms with Gasteiger partial charge in [-0.15, -0.1) is 0 Å². The zero-order chi connectivity index (χ0) is 21.2. The van der Waals surface area contributed by atoms with Crippen molar-refractivity contribution in [3.8, 4) is 5.75 Å². The van der Waals surface area contributed by atoms with Gasteiger partial charge in [-0.1, -0.05) is 35.3 Å². The Hall–Kier alpha value is -1.96. The SMILES string of the molecule is CNC(=O)C1CN(Cc2ccc(OCc3ccc(Cl)c(Cl)c3)cc2C(F)(F)F)C1.